The van der Waals surface area contributed by atoms with E-state index in [1.165, 1.54) is 26.8 Å². The van der Waals surface area contributed by atoms with Gasteiger partial charge in [0.25, 0.3) is 0 Å². The lowest BCUT2D eigenvalue weighted by Crippen LogP contribution is -2.05. The van der Waals surface area contributed by atoms with Gasteiger partial charge in [0.2, 0.25) is 5.82 Å². The largest absolute Gasteiger partial charge is 0.313 e. The lowest BCUT2D eigenvalue weighted by molar-refractivity contribution is -0.388. The molecule has 0 saturated heterocycles. The van der Waals surface area contributed by atoms with Gasteiger partial charge in [0.05, 0.1) is 27.2 Å². The molecule has 0 aliphatic rings. The van der Waals surface area contributed by atoms with Crippen molar-refractivity contribution in [2.24, 2.45) is 0 Å². The van der Waals surface area contributed by atoms with Crippen LogP contribution in [0.3, 0.4) is 0 Å². The SMILES string of the molecule is C#Cc1c(F)c(F)c(C)c(F)c1F.C=C(C)c1c(F)c(F)c(C)c(F)c1F.C=Cc1c(F)c(F)c(C)c(F)c1F.CCCc1c(F)c(F)c(C)c(F)c1F.CCc1c(F)c(F)c(C)c(F)c1F.Cc1c(F)c(C)c(C#N)c(F)c1F.Cc1c(F)c(C)c([N+](=O)[O-])c(F)c1F.Cc1c(F)c(F)c(C)c(F)c1F. The Labute approximate surface area is 584 Å². The second-order valence-corrected chi connectivity index (χ2v) is 21.7. The summed E-state index contributed by atoms with van der Waals surface area (Å²) in [6, 6.07) is 1.42. The Morgan fingerprint density at radius 3 is 0.849 bits per heavy atom. The van der Waals surface area contributed by atoms with Crippen LogP contribution >= 0.6 is 0 Å². The minimum atomic E-state index is -1.62. The van der Waals surface area contributed by atoms with E-state index in [-0.39, 0.29) is 24.0 Å². The first-order valence-corrected chi connectivity index (χ1v) is 29.2. The van der Waals surface area contributed by atoms with Gasteiger partial charge in [0.15, 0.2) is 157 Å². The van der Waals surface area contributed by atoms with Crippen LogP contribution in [0, 0.1) is 284 Å². The third kappa shape index (κ3) is 19.9. The first kappa shape index (κ1) is 93.6. The third-order valence-corrected chi connectivity index (χ3v) is 14.8. The maximum absolute atomic E-state index is 13.1. The van der Waals surface area contributed by atoms with Crippen molar-refractivity contribution >= 4 is 17.3 Å². The van der Waals surface area contributed by atoms with Crippen LogP contribution < -0.4 is 0 Å². The summed E-state index contributed by atoms with van der Waals surface area (Å²) in [6.45, 7) is 21.9. The molecular weight excluding hydrogens is 1490 g/mol. The van der Waals surface area contributed by atoms with Crippen LogP contribution in [0.25, 0.3) is 11.6 Å². The standard InChI is InChI=1S/C10H8F4.C10H10F4.C9H8F4.C9H6F4.C9H4F4.C9H6F3N.C8H6F4.C8H6F3NO2/c1-4(2)6-9(13)7(11)5(3)8(12)10(6)14;1-3-4-6-9(13)7(11)5(2)8(12)10(6)14;3*1-3-5-8(12)6(10)4(2)7(11)9(5)13;1-4-6(3-13)9(12)8(11)5(2)7(4)10;1-3-5(9)7(11)4(2)8(12)6(3)10;1-3-5(9)4(2)8(12(13)14)7(11)6(3)10/h1H2,2-3H3;3-4H2,1-2H3;3H2,1-2H3;3H,1H2,2H3;1H,2H3;1-2H3;1-2H3;1-2H3. The zero-order chi connectivity index (χ0) is 83.1. The van der Waals surface area contributed by atoms with E-state index in [4.69, 9.17) is 5.26 Å². The van der Waals surface area contributed by atoms with Gasteiger partial charge in [0, 0.05) is 66.8 Å². The van der Waals surface area contributed by atoms with Crippen molar-refractivity contribution in [3.63, 3.8) is 0 Å². The molecule has 0 aliphatic carbocycles. The Morgan fingerprint density at radius 2 is 0.594 bits per heavy atom. The zero-order valence-corrected chi connectivity index (χ0v) is 57.2. The first-order valence-electron chi connectivity index (χ1n) is 29.2. The van der Waals surface area contributed by atoms with Crippen LogP contribution in [0.4, 0.5) is 137 Å². The Hall–Kier alpha value is -10.4. The highest BCUT2D eigenvalue weighted by Gasteiger charge is 2.30. The smallest absolute Gasteiger partial charge is 0.258 e. The van der Waals surface area contributed by atoms with Crippen molar-refractivity contribution in [1.29, 1.82) is 5.26 Å². The quantitative estimate of drug-likeness (QED) is 0.0548. The van der Waals surface area contributed by atoms with Crippen LogP contribution in [0.1, 0.15) is 122 Å². The highest BCUT2D eigenvalue weighted by molar-refractivity contribution is 5.63. The number of nitriles is 1. The molecule has 0 saturated carbocycles. The number of nitro benzene ring substituents is 1. The number of benzene rings is 8. The number of hydrogen-bond donors (Lipinski definition) is 0. The second kappa shape index (κ2) is 39.1. The van der Waals surface area contributed by atoms with Crippen molar-refractivity contribution < 1.29 is 137 Å². The average Bonchev–Trinajstić information content (AvgIpc) is 0.740. The molecule has 0 amide bonds. The number of nitro groups is 1. The molecule has 0 unspecified atom stereocenters. The minimum Gasteiger partial charge on any atom is -0.258 e. The summed E-state index contributed by atoms with van der Waals surface area (Å²) in [5.74, 6) is -38.9. The number of terminal acetylenes is 1. The Kier molecular flexibility index (Phi) is 34.5. The molecule has 0 heterocycles. The molecule has 106 heavy (non-hydrogen) atoms. The van der Waals surface area contributed by atoms with E-state index in [1.807, 2.05) is 0 Å². The number of allylic oxidation sites excluding steroid dienone is 1. The van der Waals surface area contributed by atoms with E-state index in [1.54, 1.807) is 12.8 Å². The maximum atomic E-state index is 13.1. The molecule has 0 N–H and O–H groups in total. The normalized spacial score (nSPS) is 10.3. The van der Waals surface area contributed by atoms with Crippen molar-refractivity contribution in [2.45, 2.75) is 116 Å². The van der Waals surface area contributed by atoms with E-state index in [0.717, 1.165) is 75.3 Å². The van der Waals surface area contributed by atoms with Gasteiger partial charge < -0.3 is 0 Å². The summed E-state index contributed by atoms with van der Waals surface area (Å²) in [4.78, 5) is 9.15. The summed E-state index contributed by atoms with van der Waals surface area (Å²) in [5.41, 5.74) is -11.5. The fourth-order valence-corrected chi connectivity index (χ4v) is 8.32. The highest BCUT2D eigenvalue weighted by Crippen LogP contribution is 2.33. The first-order chi connectivity index (χ1) is 48.7. The van der Waals surface area contributed by atoms with E-state index in [0.29, 0.717) is 6.42 Å². The summed E-state index contributed by atoms with van der Waals surface area (Å²) >= 11 is 0. The number of rotatable bonds is 6. The molecule has 0 atom stereocenters. The number of nitrogens with zero attached hydrogens (tertiary/aromatic N) is 2. The molecule has 0 bridgehead atoms. The average molecular weight is 1550 g/mol. The van der Waals surface area contributed by atoms with E-state index < -0.39 is 274 Å². The van der Waals surface area contributed by atoms with Crippen LogP contribution in [-0.4, -0.2) is 4.92 Å². The van der Waals surface area contributed by atoms with Gasteiger partial charge in [0.1, 0.15) is 23.3 Å². The van der Waals surface area contributed by atoms with Crippen LogP contribution in [0.2, 0.25) is 0 Å². The monoisotopic (exact) mass is 1550 g/mol. The third-order valence-electron chi connectivity index (χ3n) is 14.8. The summed E-state index contributed by atoms with van der Waals surface area (Å²) < 4.78 is 387. The zero-order valence-electron chi connectivity index (χ0n) is 57.2. The molecule has 34 heteroatoms. The molecular formula is C72H54F30N2O2. The number of hydrogen-bond acceptors (Lipinski definition) is 3. The van der Waals surface area contributed by atoms with Gasteiger partial charge >= 0.3 is 5.69 Å². The second-order valence-electron chi connectivity index (χ2n) is 21.7. The fourth-order valence-electron chi connectivity index (χ4n) is 8.32. The van der Waals surface area contributed by atoms with Crippen molar-refractivity contribution in [1.82, 2.24) is 0 Å². The molecule has 0 spiro atoms. The van der Waals surface area contributed by atoms with E-state index in [2.05, 4.69) is 19.6 Å². The Morgan fingerprint density at radius 1 is 0.358 bits per heavy atom. The van der Waals surface area contributed by atoms with Gasteiger partial charge in [-0.3, -0.25) is 10.1 Å². The molecule has 0 aliphatic heterocycles. The van der Waals surface area contributed by atoms with E-state index >= 15 is 0 Å². The van der Waals surface area contributed by atoms with Crippen LogP contribution in [0.15, 0.2) is 13.2 Å². The molecule has 4 nitrogen and oxygen atoms in total. The maximum Gasteiger partial charge on any atom is 0.313 e. The predicted molar refractivity (Wildman–Crippen MR) is 330 cm³/mol. The van der Waals surface area contributed by atoms with Gasteiger partial charge in [-0.05, 0) is 101 Å². The summed E-state index contributed by atoms with van der Waals surface area (Å²) in [7, 11) is 0. The molecule has 0 fully saturated rings. The van der Waals surface area contributed by atoms with Gasteiger partial charge in [-0.15, -0.1) is 6.42 Å². The Balaban J connectivity index is 0.000000606. The molecule has 0 aromatic heterocycles. The van der Waals surface area contributed by atoms with Gasteiger partial charge in [-0.2, -0.15) is 9.65 Å². The van der Waals surface area contributed by atoms with E-state index in [9.17, 15) is 142 Å². The summed E-state index contributed by atoms with van der Waals surface area (Å²) in [5, 5.41) is 18.7. The highest BCUT2D eigenvalue weighted by atomic mass is 19.2. The number of halogens is 30. The van der Waals surface area contributed by atoms with Gasteiger partial charge in [-0.25, -0.2) is 127 Å². The van der Waals surface area contributed by atoms with Crippen LogP contribution in [0.5, 0.6) is 0 Å². The molecule has 8 aromatic rings. The van der Waals surface area contributed by atoms with Crippen LogP contribution in [-0.2, 0) is 12.8 Å². The fraction of sp³-hybridized carbons (Fsp3) is 0.236. The van der Waals surface area contributed by atoms with Crippen molar-refractivity contribution in [2.75, 3.05) is 0 Å². The lowest BCUT2D eigenvalue weighted by Gasteiger charge is -2.08. The molecule has 0 radical (unpaired) electrons. The minimum absolute atomic E-state index is 0.00815. The van der Waals surface area contributed by atoms with Gasteiger partial charge in [-0.1, -0.05) is 45.4 Å². The summed E-state index contributed by atoms with van der Waals surface area (Å²) in [6.07, 6.45) is 5.75. The molecule has 8 aromatic carbocycles. The van der Waals surface area contributed by atoms with Crippen molar-refractivity contribution in [3.8, 4) is 18.4 Å². The predicted octanol–water partition coefficient (Wildman–Crippen LogP) is 24.0. The Bertz CT molecular complexity index is 4330. The lowest BCUT2D eigenvalue weighted by atomic mass is 10.0. The molecule has 574 valence electrons. The topological polar surface area (TPSA) is 66.9 Å². The molecule has 8 rings (SSSR count). The van der Waals surface area contributed by atoms with Crippen molar-refractivity contribution in [3.05, 3.63) is 292 Å².